The SMILES string of the molecule is CCN(CC(=O)NC)c1ncnc(Cl)c1OC. The van der Waals surface area contributed by atoms with Gasteiger partial charge in [-0.1, -0.05) is 11.6 Å². The Kier molecular flexibility index (Phi) is 4.96. The number of aromatic nitrogens is 2. The van der Waals surface area contributed by atoms with Crippen molar-refractivity contribution >= 4 is 23.3 Å². The van der Waals surface area contributed by atoms with E-state index in [1.807, 2.05) is 6.92 Å². The van der Waals surface area contributed by atoms with Crippen LogP contribution in [0, 0.1) is 0 Å². The molecule has 0 radical (unpaired) electrons. The highest BCUT2D eigenvalue weighted by Crippen LogP contribution is 2.30. The van der Waals surface area contributed by atoms with Crippen LogP contribution >= 0.6 is 11.6 Å². The van der Waals surface area contributed by atoms with Crippen LogP contribution in [0.5, 0.6) is 5.75 Å². The Morgan fingerprint density at radius 3 is 2.82 bits per heavy atom. The number of amides is 1. The van der Waals surface area contributed by atoms with Gasteiger partial charge in [0, 0.05) is 13.6 Å². The molecule has 1 aromatic rings. The first-order valence-electron chi connectivity index (χ1n) is 5.14. The van der Waals surface area contributed by atoms with Crippen molar-refractivity contribution in [3.05, 3.63) is 11.5 Å². The molecule has 0 spiro atoms. The second-order valence-electron chi connectivity index (χ2n) is 3.21. The molecule has 7 heteroatoms. The molecule has 0 unspecified atom stereocenters. The average molecular weight is 259 g/mol. The summed E-state index contributed by atoms with van der Waals surface area (Å²) in [5.74, 6) is 0.780. The second kappa shape index (κ2) is 6.24. The summed E-state index contributed by atoms with van der Waals surface area (Å²) in [4.78, 5) is 21.0. The van der Waals surface area contributed by atoms with Crippen LogP contribution in [0.15, 0.2) is 6.33 Å². The fourth-order valence-electron chi connectivity index (χ4n) is 1.33. The molecule has 0 atom stereocenters. The van der Waals surface area contributed by atoms with Gasteiger partial charge in [0.05, 0.1) is 13.7 Å². The highest BCUT2D eigenvalue weighted by atomic mass is 35.5. The summed E-state index contributed by atoms with van der Waals surface area (Å²) in [6, 6.07) is 0. The number of nitrogens with zero attached hydrogens (tertiary/aromatic N) is 3. The number of ether oxygens (including phenoxy) is 1. The van der Waals surface area contributed by atoms with E-state index in [0.717, 1.165) is 0 Å². The molecule has 1 heterocycles. The molecule has 1 rings (SSSR count). The quantitative estimate of drug-likeness (QED) is 0.788. The van der Waals surface area contributed by atoms with E-state index in [0.29, 0.717) is 18.1 Å². The number of hydrogen-bond acceptors (Lipinski definition) is 5. The number of anilines is 1. The standard InChI is InChI=1S/C10H15ClN4O2/c1-4-15(5-7(16)12-2)10-8(17-3)9(11)13-6-14-10/h6H,4-5H2,1-3H3,(H,12,16). The lowest BCUT2D eigenvalue weighted by atomic mass is 10.4. The molecular weight excluding hydrogens is 244 g/mol. The van der Waals surface area contributed by atoms with Crippen molar-refractivity contribution in [3.63, 3.8) is 0 Å². The van der Waals surface area contributed by atoms with Crippen molar-refractivity contribution in [1.82, 2.24) is 15.3 Å². The average Bonchev–Trinajstić information content (AvgIpc) is 2.35. The molecule has 0 aromatic carbocycles. The third-order valence-electron chi connectivity index (χ3n) is 2.24. The Labute approximate surface area is 105 Å². The number of carbonyl (C=O) groups excluding carboxylic acids is 1. The maximum Gasteiger partial charge on any atom is 0.239 e. The van der Waals surface area contributed by atoms with Gasteiger partial charge in [-0.25, -0.2) is 9.97 Å². The van der Waals surface area contributed by atoms with Crippen molar-refractivity contribution in [2.24, 2.45) is 0 Å². The smallest absolute Gasteiger partial charge is 0.239 e. The zero-order valence-corrected chi connectivity index (χ0v) is 10.8. The molecule has 0 aliphatic rings. The molecule has 17 heavy (non-hydrogen) atoms. The lowest BCUT2D eigenvalue weighted by Gasteiger charge is -2.22. The predicted octanol–water partition coefficient (Wildman–Crippen LogP) is 0.711. The molecule has 0 aliphatic carbocycles. The Balaban J connectivity index is 3.03. The molecule has 0 saturated carbocycles. The lowest BCUT2D eigenvalue weighted by Crippen LogP contribution is -2.36. The minimum atomic E-state index is -0.108. The first-order valence-corrected chi connectivity index (χ1v) is 5.51. The summed E-state index contributed by atoms with van der Waals surface area (Å²) in [5, 5.41) is 2.78. The van der Waals surface area contributed by atoms with E-state index >= 15 is 0 Å². The molecular formula is C10H15ClN4O2. The second-order valence-corrected chi connectivity index (χ2v) is 3.57. The maximum atomic E-state index is 11.4. The van der Waals surface area contributed by atoms with E-state index in [1.165, 1.54) is 13.4 Å². The van der Waals surface area contributed by atoms with E-state index in [4.69, 9.17) is 16.3 Å². The fourth-order valence-corrected chi connectivity index (χ4v) is 1.54. The minimum absolute atomic E-state index is 0.108. The van der Waals surface area contributed by atoms with Crippen LogP contribution in [0.4, 0.5) is 5.82 Å². The van der Waals surface area contributed by atoms with Crippen LogP contribution in [0.1, 0.15) is 6.92 Å². The summed E-state index contributed by atoms with van der Waals surface area (Å²) >= 11 is 5.90. The Hall–Kier alpha value is -1.56. The number of halogens is 1. The van der Waals surface area contributed by atoms with Crippen molar-refractivity contribution in [1.29, 1.82) is 0 Å². The van der Waals surface area contributed by atoms with E-state index in [9.17, 15) is 4.79 Å². The van der Waals surface area contributed by atoms with Gasteiger partial charge in [0.25, 0.3) is 0 Å². The molecule has 1 amide bonds. The molecule has 6 nitrogen and oxygen atoms in total. The Morgan fingerprint density at radius 1 is 1.59 bits per heavy atom. The first kappa shape index (κ1) is 13.5. The molecule has 0 fully saturated rings. The number of hydrogen-bond donors (Lipinski definition) is 1. The van der Waals surface area contributed by atoms with Crippen molar-refractivity contribution < 1.29 is 9.53 Å². The van der Waals surface area contributed by atoms with Gasteiger partial charge >= 0.3 is 0 Å². The molecule has 0 aliphatic heterocycles. The monoisotopic (exact) mass is 258 g/mol. The Morgan fingerprint density at radius 2 is 2.29 bits per heavy atom. The van der Waals surface area contributed by atoms with Crippen LogP contribution in [-0.4, -0.2) is 43.1 Å². The number of nitrogens with one attached hydrogen (secondary N) is 1. The summed E-state index contributed by atoms with van der Waals surface area (Å²) in [6.45, 7) is 2.71. The van der Waals surface area contributed by atoms with Crippen molar-refractivity contribution in [3.8, 4) is 5.75 Å². The zero-order chi connectivity index (χ0) is 12.8. The predicted molar refractivity (Wildman–Crippen MR) is 65.5 cm³/mol. The van der Waals surface area contributed by atoms with Crippen molar-refractivity contribution in [2.75, 3.05) is 32.1 Å². The van der Waals surface area contributed by atoms with E-state index < -0.39 is 0 Å². The highest BCUT2D eigenvalue weighted by Gasteiger charge is 2.17. The van der Waals surface area contributed by atoms with Crippen LogP contribution in [0.3, 0.4) is 0 Å². The van der Waals surface area contributed by atoms with Gasteiger partial charge in [0.15, 0.2) is 16.7 Å². The van der Waals surface area contributed by atoms with E-state index in [-0.39, 0.29) is 17.6 Å². The number of likely N-dealkylation sites (N-methyl/N-ethyl adjacent to an activating group) is 2. The topological polar surface area (TPSA) is 67.4 Å². The van der Waals surface area contributed by atoms with Gasteiger partial charge in [-0.05, 0) is 6.92 Å². The largest absolute Gasteiger partial charge is 0.490 e. The van der Waals surface area contributed by atoms with E-state index in [2.05, 4.69) is 15.3 Å². The molecule has 0 saturated heterocycles. The summed E-state index contributed by atoms with van der Waals surface area (Å²) in [7, 11) is 3.07. The number of methoxy groups -OCH3 is 1. The normalized spacial score (nSPS) is 9.88. The van der Waals surface area contributed by atoms with Gasteiger partial charge in [-0.15, -0.1) is 0 Å². The minimum Gasteiger partial charge on any atom is -0.490 e. The molecule has 1 N–H and O–H groups in total. The molecule has 0 bridgehead atoms. The third kappa shape index (κ3) is 3.20. The van der Waals surface area contributed by atoms with Crippen LogP contribution in [0.25, 0.3) is 0 Å². The van der Waals surface area contributed by atoms with Gasteiger partial charge < -0.3 is 15.0 Å². The maximum absolute atomic E-state index is 11.4. The molecule has 1 aromatic heterocycles. The number of carbonyl (C=O) groups is 1. The van der Waals surface area contributed by atoms with E-state index in [1.54, 1.807) is 11.9 Å². The van der Waals surface area contributed by atoms with Crippen molar-refractivity contribution in [2.45, 2.75) is 6.92 Å². The van der Waals surface area contributed by atoms with Crippen LogP contribution in [0.2, 0.25) is 5.15 Å². The fraction of sp³-hybridized carbons (Fsp3) is 0.500. The van der Waals surface area contributed by atoms with Crippen LogP contribution in [-0.2, 0) is 4.79 Å². The number of rotatable bonds is 5. The summed E-state index contributed by atoms with van der Waals surface area (Å²) in [6.07, 6.45) is 1.34. The van der Waals surface area contributed by atoms with Gasteiger partial charge in [0.2, 0.25) is 5.91 Å². The molecule has 94 valence electrons. The van der Waals surface area contributed by atoms with Gasteiger partial charge in [-0.2, -0.15) is 0 Å². The first-order chi connectivity index (χ1) is 8.13. The highest BCUT2D eigenvalue weighted by molar-refractivity contribution is 6.31. The Bertz CT molecular complexity index is 400. The van der Waals surface area contributed by atoms with Gasteiger partial charge in [0.1, 0.15) is 6.33 Å². The third-order valence-corrected chi connectivity index (χ3v) is 2.51. The zero-order valence-electron chi connectivity index (χ0n) is 10.0. The lowest BCUT2D eigenvalue weighted by molar-refractivity contribution is -0.119. The summed E-state index contributed by atoms with van der Waals surface area (Å²) < 4.78 is 5.14. The summed E-state index contributed by atoms with van der Waals surface area (Å²) in [5.41, 5.74) is 0. The van der Waals surface area contributed by atoms with Gasteiger partial charge in [-0.3, -0.25) is 4.79 Å². The van der Waals surface area contributed by atoms with Crippen LogP contribution < -0.4 is 15.0 Å².